The van der Waals surface area contributed by atoms with E-state index in [9.17, 15) is 14.0 Å². The molecule has 0 unspecified atom stereocenters. The van der Waals surface area contributed by atoms with Crippen molar-refractivity contribution in [1.29, 1.82) is 0 Å². The first-order valence-corrected chi connectivity index (χ1v) is 11.2. The molecule has 0 bridgehead atoms. The van der Waals surface area contributed by atoms with E-state index in [1.807, 2.05) is 13.8 Å². The Hall–Kier alpha value is -2.41. The van der Waals surface area contributed by atoms with Crippen LogP contribution in [0.4, 0.5) is 10.2 Å². The summed E-state index contributed by atoms with van der Waals surface area (Å²) < 4.78 is 20.6. The summed E-state index contributed by atoms with van der Waals surface area (Å²) in [5.74, 6) is -0.472. The van der Waals surface area contributed by atoms with Gasteiger partial charge >= 0.3 is 5.97 Å². The highest BCUT2D eigenvalue weighted by atomic mass is 35.5. The summed E-state index contributed by atoms with van der Waals surface area (Å²) in [4.78, 5) is 27.7. The van der Waals surface area contributed by atoms with Gasteiger partial charge in [0.15, 0.2) is 5.82 Å². The Kier molecular flexibility index (Phi) is 7.36. The van der Waals surface area contributed by atoms with E-state index in [0.29, 0.717) is 11.6 Å². The lowest BCUT2D eigenvalue weighted by molar-refractivity contribution is -0.124. The van der Waals surface area contributed by atoms with Gasteiger partial charge in [0.2, 0.25) is 5.91 Å². The van der Waals surface area contributed by atoms with Crippen LogP contribution < -0.4 is 4.90 Å². The zero-order valence-electron chi connectivity index (χ0n) is 18.4. The molecule has 1 aromatic heterocycles. The number of carbonyl (C=O) groups is 2. The van der Waals surface area contributed by atoms with Crippen LogP contribution in [-0.2, 0) is 9.53 Å². The molecule has 0 saturated heterocycles. The molecule has 31 heavy (non-hydrogen) atoms. The Morgan fingerprint density at radius 1 is 1.29 bits per heavy atom. The third-order valence-corrected chi connectivity index (χ3v) is 6.01. The van der Waals surface area contributed by atoms with Crippen LogP contribution >= 0.6 is 11.6 Å². The lowest BCUT2D eigenvalue weighted by Gasteiger charge is -2.32. The number of nitrogens with zero attached hydrogens (tertiary/aromatic N) is 3. The van der Waals surface area contributed by atoms with E-state index in [0.717, 1.165) is 25.7 Å². The standard InChI is InChI=1S/C23H29ClFN3O3/c1-5-31-23(30)18-13-27(17-10-11-19(24)20(25)12-17)26-21(18)28(14(2)3)22(29)16-8-6-15(4)7-9-16/h10-16H,5-9H2,1-4H3. The average molecular weight is 450 g/mol. The normalized spacial score (nSPS) is 18.8. The molecule has 168 valence electrons. The highest BCUT2D eigenvalue weighted by Gasteiger charge is 2.34. The monoisotopic (exact) mass is 449 g/mol. The Labute approximate surface area is 187 Å². The molecular weight excluding hydrogens is 421 g/mol. The maximum absolute atomic E-state index is 14.0. The highest BCUT2D eigenvalue weighted by Crippen LogP contribution is 2.33. The average Bonchev–Trinajstić information content (AvgIpc) is 3.15. The zero-order valence-corrected chi connectivity index (χ0v) is 19.2. The van der Waals surface area contributed by atoms with Gasteiger partial charge in [-0.05, 0) is 64.5 Å². The molecule has 1 amide bonds. The molecule has 2 aromatic rings. The summed E-state index contributed by atoms with van der Waals surface area (Å²) in [7, 11) is 0. The molecule has 0 aliphatic heterocycles. The molecule has 1 heterocycles. The number of esters is 1. The van der Waals surface area contributed by atoms with Crippen molar-refractivity contribution in [2.75, 3.05) is 11.5 Å². The third-order valence-electron chi connectivity index (χ3n) is 5.70. The van der Waals surface area contributed by atoms with Crippen molar-refractivity contribution in [1.82, 2.24) is 9.78 Å². The minimum absolute atomic E-state index is 0.00717. The van der Waals surface area contributed by atoms with Crippen LogP contribution in [0.15, 0.2) is 24.4 Å². The van der Waals surface area contributed by atoms with Crippen LogP contribution in [0.2, 0.25) is 5.02 Å². The number of carbonyl (C=O) groups excluding carboxylic acids is 2. The van der Waals surface area contributed by atoms with E-state index in [4.69, 9.17) is 16.3 Å². The fourth-order valence-corrected chi connectivity index (χ4v) is 4.08. The number of hydrogen-bond donors (Lipinski definition) is 0. The number of rotatable bonds is 6. The van der Waals surface area contributed by atoms with Gasteiger partial charge in [0.25, 0.3) is 0 Å². The van der Waals surface area contributed by atoms with Gasteiger partial charge in [-0.3, -0.25) is 9.69 Å². The third kappa shape index (κ3) is 5.09. The van der Waals surface area contributed by atoms with Crippen molar-refractivity contribution in [3.8, 4) is 5.69 Å². The molecule has 3 rings (SSSR count). The number of benzene rings is 1. The maximum Gasteiger partial charge on any atom is 0.343 e. The van der Waals surface area contributed by atoms with Gasteiger partial charge in [-0.2, -0.15) is 0 Å². The van der Waals surface area contributed by atoms with Crippen molar-refractivity contribution >= 4 is 29.3 Å². The summed E-state index contributed by atoms with van der Waals surface area (Å²) in [6.45, 7) is 7.88. The summed E-state index contributed by atoms with van der Waals surface area (Å²) in [5.41, 5.74) is 0.560. The van der Waals surface area contributed by atoms with Gasteiger partial charge in [-0.15, -0.1) is 5.10 Å². The van der Waals surface area contributed by atoms with Gasteiger partial charge in [0.1, 0.15) is 11.4 Å². The van der Waals surface area contributed by atoms with Gasteiger partial charge < -0.3 is 4.74 Å². The van der Waals surface area contributed by atoms with Crippen LogP contribution in [0.3, 0.4) is 0 Å². The lowest BCUT2D eigenvalue weighted by atomic mass is 9.82. The summed E-state index contributed by atoms with van der Waals surface area (Å²) in [5, 5.41) is 4.51. The molecule has 1 aliphatic carbocycles. The van der Waals surface area contributed by atoms with Gasteiger partial charge in [-0.1, -0.05) is 18.5 Å². The van der Waals surface area contributed by atoms with Gasteiger partial charge in [0, 0.05) is 24.2 Å². The van der Waals surface area contributed by atoms with Crippen molar-refractivity contribution in [3.05, 3.63) is 40.8 Å². The van der Waals surface area contributed by atoms with E-state index in [2.05, 4.69) is 12.0 Å². The van der Waals surface area contributed by atoms with Crippen LogP contribution in [-0.4, -0.2) is 34.3 Å². The van der Waals surface area contributed by atoms with Crippen molar-refractivity contribution in [2.24, 2.45) is 11.8 Å². The second-order valence-electron chi connectivity index (χ2n) is 8.39. The van der Waals surface area contributed by atoms with Crippen molar-refractivity contribution in [2.45, 2.75) is 59.4 Å². The largest absolute Gasteiger partial charge is 0.462 e. The molecule has 6 nitrogen and oxygen atoms in total. The molecule has 1 fully saturated rings. The molecule has 0 spiro atoms. The number of halogens is 2. The SMILES string of the molecule is CCOC(=O)c1cn(-c2ccc(Cl)c(F)c2)nc1N(C(=O)C1CCC(C)CC1)C(C)C. The first kappa shape index (κ1) is 23.3. The minimum Gasteiger partial charge on any atom is -0.462 e. The smallest absolute Gasteiger partial charge is 0.343 e. The second-order valence-corrected chi connectivity index (χ2v) is 8.80. The van der Waals surface area contributed by atoms with E-state index in [1.54, 1.807) is 17.9 Å². The Bertz CT molecular complexity index is 952. The fraction of sp³-hybridized carbons (Fsp3) is 0.522. The number of amides is 1. The summed E-state index contributed by atoms with van der Waals surface area (Å²) in [6, 6.07) is 4.04. The van der Waals surface area contributed by atoms with Crippen molar-refractivity contribution < 1.29 is 18.7 Å². The van der Waals surface area contributed by atoms with Crippen LogP contribution in [0, 0.1) is 17.7 Å². The second kappa shape index (κ2) is 9.81. The molecule has 0 N–H and O–H groups in total. The summed E-state index contributed by atoms with van der Waals surface area (Å²) >= 11 is 5.79. The van der Waals surface area contributed by atoms with E-state index in [1.165, 1.54) is 23.0 Å². The minimum atomic E-state index is -0.595. The lowest BCUT2D eigenvalue weighted by Crippen LogP contribution is -2.43. The molecule has 0 atom stereocenters. The van der Waals surface area contributed by atoms with E-state index < -0.39 is 11.8 Å². The molecule has 1 aromatic carbocycles. The zero-order chi connectivity index (χ0) is 22.7. The fourth-order valence-electron chi connectivity index (χ4n) is 3.96. The van der Waals surface area contributed by atoms with E-state index in [-0.39, 0.29) is 40.9 Å². The molecular formula is C23H29ClFN3O3. The molecule has 8 heteroatoms. The molecule has 1 aliphatic rings. The summed E-state index contributed by atoms with van der Waals surface area (Å²) in [6.07, 6.45) is 5.13. The molecule has 1 saturated carbocycles. The maximum atomic E-state index is 14.0. The number of hydrogen-bond acceptors (Lipinski definition) is 4. The van der Waals surface area contributed by atoms with Crippen LogP contribution in [0.1, 0.15) is 63.7 Å². The molecule has 0 radical (unpaired) electrons. The first-order valence-electron chi connectivity index (χ1n) is 10.8. The van der Waals surface area contributed by atoms with Gasteiger partial charge in [0.05, 0.1) is 17.3 Å². The Morgan fingerprint density at radius 2 is 1.97 bits per heavy atom. The number of aromatic nitrogens is 2. The van der Waals surface area contributed by atoms with Crippen molar-refractivity contribution in [3.63, 3.8) is 0 Å². The van der Waals surface area contributed by atoms with Crippen LogP contribution in [0.5, 0.6) is 0 Å². The van der Waals surface area contributed by atoms with Gasteiger partial charge in [-0.25, -0.2) is 13.9 Å². The Balaban J connectivity index is 2.04. The Morgan fingerprint density at radius 3 is 2.55 bits per heavy atom. The number of ether oxygens (including phenoxy) is 1. The van der Waals surface area contributed by atoms with Crippen LogP contribution in [0.25, 0.3) is 5.69 Å². The highest BCUT2D eigenvalue weighted by molar-refractivity contribution is 6.30. The topological polar surface area (TPSA) is 64.4 Å². The first-order chi connectivity index (χ1) is 14.7. The quantitative estimate of drug-likeness (QED) is 0.553. The predicted octanol–water partition coefficient (Wildman–Crippen LogP) is 5.41. The predicted molar refractivity (Wildman–Crippen MR) is 118 cm³/mol. The van der Waals surface area contributed by atoms with E-state index >= 15 is 0 Å². The number of anilines is 1.